The van der Waals surface area contributed by atoms with E-state index in [4.69, 9.17) is 4.74 Å². The summed E-state index contributed by atoms with van der Waals surface area (Å²) in [5.74, 6) is 0.813. The molecule has 2 aliphatic rings. The summed E-state index contributed by atoms with van der Waals surface area (Å²) in [5, 5.41) is 3.34. The minimum atomic E-state index is -3.50. The number of fused-ring (bicyclic) bond motifs is 3. The minimum absolute atomic E-state index is 0. The lowest BCUT2D eigenvalue weighted by Crippen LogP contribution is -2.49. The lowest BCUT2D eigenvalue weighted by Gasteiger charge is -2.35. The molecule has 2 aromatic carbocycles. The van der Waals surface area contributed by atoms with E-state index < -0.39 is 9.84 Å². The van der Waals surface area contributed by atoms with E-state index in [1.54, 1.807) is 36.4 Å². The molecule has 4 rings (SSSR count). The highest BCUT2D eigenvalue weighted by Gasteiger charge is 2.47. The van der Waals surface area contributed by atoms with Crippen LogP contribution in [0.5, 0.6) is 5.75 Å². The van der Waals surface area contributed by atoms with E-state index in [2.05, 4.69) is 12.2 Å². The quantitative estimate of drug-likeness (QED) is 0.889. The molecule has 0 bridgehead atoms. The molecule has 2 aliphatic heterocycles. The van der Waals surface area contributed by atoms with Gasteiger partial charge in [-0.2, -0.15) is 0 Å². The summed E-state index contributed by atoms with van der Waals surface area (Å²) in [6, 6.07) is 13.8. The highest BCUT2D eigenvalue weighted by molar-refractivity contribution is 7.91. The third-order valence-corrected chi connectivity index (χ3v) is 6.83. The Balaban J connectivity index is 0.00000169. The number of piperidine rings is 1. The Morgan fingerprint density at radius 1 is 1.12 bits per heavy atom. The van der Waals surface area contributed by atoms with Crippen molar-refractivity contribution in [3.8, 4) is 5.75 Å². The Kier molecular flexibility index (Phi) is 4.36. The molecule has 128 valence electrons. The topological polar surface area (TPSA) is 55.4 Å². The average molecular weight is 366 g/mol. The Hall–Kier alpha value is -1.56. The second-order valence-corrected chi connectivity index (χ2v) is 8.40. The maximum atomic E-state index is 12.8. The smallest absolute Gasteiger partial charge is 0.206 e. The number of hydrogen-bond donors (Lipinski definition) is 1. The van der Waals surface area contributed by atoms with E-state index in [0.717, 1.165) is 30.8 Å². The molecular weight excluding hydrogens is 346 g/mol. The second kappa shape index (κ2) is 6.06. The van der Waals surface area contributed by atoms with Crippen molar-refractivity contribution in [1.82, 2.24) is 5.32 Å². The molecule has 1 saturated heterocycles. The number of benzene rings is 2. The van der Waals surface area contributed by atoms with Gasteiger partial charge in [0.25, 0.3) is 0 Å². The standard InChI is InChI=1S/C18H19NO3S.ClH/c1-18-9-10-19-12-17(18)22-16-8-7-14(11-15(16)18)23(20,21)13-5-3-2-4-6-13;/h2-8,11,17,19H,9-10,12H2,1H3;1H. The molecular formula is C18H20ClNO3S. The summed E-state index contributed by atoms with van der Waals surface area (Å²) in [5.41, 5.74) is 0.893. The van der Waals surface area contributed by atoms with Gasteiger partial charge in [0.05, 0.1) is 9.79 Å². The molecule has 2 heterocycles. The van der Waals surface area contributed by atoms with Gasteiger partial charge in [-0.15, -0.1) is 12.4 Å². The van der Waals surface area contributed by atoms with Crippen molar-refractivity contribution >= 4 is 22.2 Å². The van der Waals surface area contributed by atoms with Crippen LogP contribution in [0.4, 0.5) is 0 Å². The van der Waals surface area contributed by atoms with Gasteiger partial charge < -0.3 is 10.1 Å². The Labute approximate surface area is 148 Å². The van der Waals surface area contributed by atoms with E-state index >= 15 is 0 Å². The van der Waals surface area contributed by atoms with Crippen molar-refractivity contribution in [3.63, 3.8) is 0 Å². The van der Waals surface area contributed by atoms with Crippen LogP contribution in [0.3, 0.4) is 0 Å². The Morgan fingerprint density at radius 3 is 2.62 bits per heavy atom. The van der Waals surface area contributed by atoms with Gasteiger partial charge in [0.2, 0.25) is 9.84 Å². The third-order valence-electron chi connectivity index (χ3n) is 5.06. The monoisotopic (exact) mass is 365 g/mol. The average Bonchev–Trinajstić information content (AvgIpc) is 2.87. The molecule has 0 amide bonds. The lowest BCUT2D eigenvalue weighted by atomic mass is 9.74. The van der Waals surface area contributed by atoms with E-state index in [9.17, 15) is 8.42 Å². The van der Waals surface area contributed by atoms with Crippen molar-refractivity contribution in [2.75, 3.05) is 13.1 Å². The summed E-state index contributed by atoms with van der Waals surface area (Å²) in [6.07, 6.45) is 1.01. The molecule has 0 aromatic heterocycles. The van der Waals surface area contributed by atoms with Gasteiger partial charge in [-0.05, 0) is 43.3 Å². The lowest BCUT2D eigenvalue weighted by molar-refractivity contribution is 0.124. The molecule has 2 aromatic rings. The second-order valence-electron chi connectivity index (χ2n) is 6.45. The normalized spacial score (nSPS) is 25.1. The number of nitrogens with one attached hydrogen (secondary N) is 1. The van der Waals surface area contributed by atoms with Crippen molar-refractivity contribution < 1.29 is 13.2 Å². The molecule has 0 spiro atoms. The zero-order valence-electron chi connectivity index (χ0n) is 13.4. The summed E-state index contributed by atoms with van der Waals surface area (Å²) in [4.78, 5) is 0.664. The maximum absolute atomic E-state index is 12.8. The van der Waals surface area contributed by atoms with Crippen LogP contribution in [-0.4, -0.2) is 27.6 Å². The third kappa shape index (κ3) is 2.51. The molecule has 0 radical (unpaired) electrons. The number of halogens is 1. The van der Waals surface area contributed by atoms with Gasteiger partial charge in [0.15, 0.2) is 0 Å². The van der Waals surface area contributed by atoms with Crippen LogP contribution in [0.15, 0.2) is 58.3 Å². The fraction of sp³-hybridized carbons (Fsp3) is 0.333. The molecule has 2 atom stereocenters. The predicted molar refractivity (Wildman–Crippen MR) is 94.8 cm³/mol. The van der Waals surface area contributed by atoms with Crippen LogP contribution >= 0.6 is 12.4 Å². The van der Waals surface area contributed by atoms with E-state index in [1.165, 1.54) is 0 Å². The maximum Gasteiger partial charge on any atom is 0.206 e. The largest absolute Gasteiger partial charge is 0.488 e. The van der Waals surface area contributed by atoms with Crippen LogP contribution in [0.25, 0.3) is 0 Å². The van der Waals surface area contributed by atoms with Gasteiger partial charge in [0.1, 0.15) is 11.9 Å². The Bertz CT molecular complexity index is 854. The van der Waals surface area contributed by atoms with Crippen LogP contribution < -0.4 is 10.1 Å². The van der Waals surface area contributed by atoms with Crippen molar-refractivity contribution in [2.45, 2.75) is 34.7 Å². The summed E-state index contributed by atoms with van der Waals surface area (Å²) >= 11 is 0. The van der Waals surface area contributed by atoms with Gasteiger partial charge in [-0.25, -0.2) is 8.42 Å². The van der Waals surface area contributed by atoms with Crippen LogP contribution in [0, 0.1) is 0 Å². The van der Waals surface area contributed by atoms with Crippen LogP contribution in [-0.2, 0) is 15.3 Å². The predicted octanol–water partition coefficient (Wildman–Crippen LogP) is 2.95. The fourth-order valence-corrected chi connectivity index (χ4v) is 4.87. The first-order chi connectivity index (χ1) is 11.0. The zero-order chi connectivity index (χ0) is 16.1. The number of hydrogen-bond acceptors (Lipinski definition) is 4. The zero-order valence-corrected chi connectivity index (χ0v) is 15.0. The molecule has 1 N–H and O–H groups in total. The highest BCUT2D eigenvalue weighted by atomic mass is 35.5. The van der Waals surface area contributed by atoms with Crippen LogP contribution in [0.1, 0.15) is 18.9 Å². The van der Waals surface area contributed by atoms with Gasteiger partial charge in [-0.1, -0.05) is 25.1 Å². The van der Waals surface area contributed by atoms with E-state index in [0.29, 0.717) is 9.79 Å². The van der Waals surface area contributed by atoms with Gasteiger partial charge >= 0.3 is 0 Å². The van der Waals surface area contributed by atoms with E-state index in [1.807, 2.05) is 12.1 Å². The molecule has 4 nitrogen and oxygen atoms in total. The van der Waals surface area contributed by atoms with Crippen molar-refractivity contribution in [1.29, 1.82) is 0 Å². The molecule has 24 heavy (non-hydrogen) atoms. The summed E-state index contributed by atoms with van der Waals surface area (Å²) in [7, 11) is -3.50. The van der Waals surface area contributed by atoms with Gasteiger partial charge in [0, 0.05) is 17.5 Å². The van der Waals surface area contributed by atoms with Gasteiger partial charge in [-0.3, -0.25) is 0 Å². The number of ether oxygens (including phenoxy) is 1. The molecule has 0 aliphatic carbocycles. The SMILES string of the molecule is CC12CCNCC1Oc1ccc(S(=O)(=O)c3ccccc3)cc12.Cl. The van der Waals surface area contributed by atoms with Crippen molar-refractivity contribution in [3.05, 3.63) is 54.1 Å². The minimum Gasteiger partial charge on any atom is -0.488 e. The molecule has 0 saturated carbocycles. The first kappa shape index (κ1) is 17.3. The first-order valence-corrected chi connectivity index (χ1v) is 9.32. The van der Waals surface area contributed by atoms with E-state index in [-0.39, 0.29) is 23.9 Å². The number of sulfone groups is 1. The highest BCUT2D eigenvalue weighted by Crippen LogP contribution is 2.47. The number of rotatable bonds is 2. The molecule has 6 heteroatoms. The Morgan fingerprint density at radius 2 is 1.88 bits per heavy atom. The molecule has 2 unspecified atom stereocenters. The summed E-state index contributed by atoms with van der Waals surface area (Å²) < 4.78 is 31.7. The first-order valence-electron chi connectivity index (χ1n) is 7.84. The van der Waals surface area contributed by atoms with Crippen molar-refractivity contribution in [2.24, 2.45) is 0 Å². The summed E-state index contributed by atoms with van der Waals surface area (Å²) in [6.45, 7) is 3.89. The molecule has 1 fully saturated rings. The fourth-order valence-electron chi connectivity index (χ4n) is 3.56. The van der Waals surface area contributed by atoms with Crippen LogP contribution in [0.2, 0.25) is 0 Å².